The SMILES string of the molecule is O=C(c1cccc(Cc2n[nH]c(=O)c3c2CCCC3)c1)N1CCN(C(=O)C2CCCO2)CC1. The van der Waals surface area contributed by atoms with Gasteiger partial charge in [0.15, 0.2) is 0 Å². The maximum atomic E-state index is 13.1. The van der Waals surface area contributed by atoms with E-state index in [9.17, 15) is 14.4 Å². The summed E-state index contributed by atoms with van der Waals surface area (Å²) in [5.41, 5.74) is 4.41. The normalized spacial score (nSPS) is 20.5. The molecule has 8 heteroatoms. The van der Waals surface area contributed by atoms with Crippen molar-refractivity contribution < 1.29 is 14.3 Å². The molecule has 1 unspecified atom stereocenters. The molecule has 2 aromatic rings. The minimum Gasteiger partial charge on any atom is -0.368 e. The molecule has 2 aliphatic heterocycles. The largest absolute Gasteiger partial charge is 0.368 e. The first kappa shape index (κ1) is 21.8. The number of ether oxygens (including phenoxy) is 1. The zero-order valence-corrected chi connectivity index (χ0v) is 18.8. The van der Waals surface area contributed by atoms with Gasteiger partial charge >= 0.3 is 0 Å². The van der Waals surface area contributed by atoms with Crippen molar-refractivity contribution in [1.82, 2.24) is 20.0 Å². The highest BCUT2D eigenvalue weighted by molar-refractivity contribution is 5.94. The van der Waals surface area contributed by atoms with Crippen molar-refractivity contribution in [2.24, 2.45) is 0 Å². The van der Waals surface area contributed by atoms with Gasteiger partial charge in [0.05, 0.1) is 5.69 Å². The van der Waals surface area contributed by atoms with Gasteiger partial charge in [-0.25, -0.2) is 5.10 Å². The van der Waals surface area contributed by atoms with E-state index in [1.54, 1.807) is 0 Å². The lowest BCUT2D eigenvalue weighted by Gasteiger charge is -2.35. The summed E-state index contributed by atoms with van der Waals surface area (Å²) in [6.07, 6.45) is 5.80. The first-order chi connectivity index (χ1) is 16.1. The molecular weight excluding hydrogens is 420 g/mol. The van der Waals surface area contributed by atoms with E-state index in [1.807, 2.05) is 34.1 Å². The number of nitrogens with zero attached hydrogens (tertiary/aromatic N) is 3. The standard InChI is InChI=1S/C25H30N4O4/c30-23-20-8-2-1-7-19(20)21(26-27-23)16-17-5-3-6-18(15-17)24(31)28-10-12-29(13-11-28)25(32)22-9-4-14-33-22/h3,5-6,15,22H,1-2,4,7-14,16H2,(H,27,30). The van der Waals surface area contributed by atoms with E-state index in [0.29, 0.717) is 44.8 Å². The van der Waals surface area contributed by atoms with Gasteiger partial charge in [-0.2, -0.15) is 5.10 Å². The quantitative estimate of drug-likeness (QED) is 0.765. The van der Waals surface area contributed by atoms with Crippen LogP contribution in [0.3, 0.4) is 0 Å². The molecular formula is C25H30N4O4. The van der Waals surface area contributed by atoms with Gasteiger partial charge in [-0.1, -0.05) is 12.1 Å². The van der Waals surface area contributed by atoms with Crippen LogP contribution in [0.2, 0.25) is 0 Å². The third kappa shape index (κ3) is 4.57. The minimum atomic E-state index is -0.309. The molecule has 0 saturated carbocycles. The molecule has 33 heavy (non-hydrogen) atoms. The minimum absolute atomic E-state index is 0.0162. The van der Waals surface area contributed by atoms with Crippen LogP contribution in [-0.2, 0) is 28.8 Å². The molecule has 0 radical (unpaired) electrons. The van der Waals surface area contributed by atoms with Crippen LogP contribution < -0.4 is 5.56 Å². The molecule has 2 saturated heterocycles. The Morgan fingerprint density at radius 2 is 1.79 bits per heavy atom. The number of benzene rings is 1. The number of amides is 2. The van der Waals surface area contributed by atoms with Crippen molar-refractivity contribution in [3.05, 3.63) is 62.6 Å². The molecule has 1 aliphatic carbocycles. The Morgan fingerprint density at radius 3 is 2.55 bits per heavy atom. The smallest absolute Gasteiger partial charge is 0.267 e. The highest BCUT2D eigenvalue weighted by atomic mass is 16.5. The van der Waals surface area contributed by atoms with Gasteiger partial charge in [0.2, 0.25) is 0 Å². The Balaban J connectivity index is 1.25. The van der Waals surface area contributed by atoms with Gasteiger partial charge in [0.25, 0.3) is 17.4 Å². The van der Waals surface area contributed by atoms with Crippen molar-refractivity contribution in [3.63, 3.8) is 0 Å². The first-order valence-corrected chi connectivity index (χ1v) is 12.0. The van der Waals surface area contributed by atoms with Gasteiger partial charge in [0, 0.05) is 50.3 Å². The fourth-order valence-electron chi connectivity index (χ4n) is 5.17. The van der Waals surface area contributed by atoms with Crippen molar-refractivity contribution in [2.45, 2.75) is 51.0 Å². The number of carbonyl (C=O) groups is 2. The molecule has 5 rings (SSSR count). The van der Waals surface area contributed by atoms with Crippen LogP contribution in [0.1, 0.15) is 58.4 Å². The van der Waals surface area contributed by atoms with Gasteiger partial charge in [-0.3, -0.25) is 14.4 Å². The van der Waals surface area contributed by atoms with E-state index >= 15 is 0 Å². The second kappa shape index (κ2) is 9.47. The van der Waals surface area contributed by atoms with Crippen LogP contribution in [0.5, 0.6) is 0 Å². The zero-order chi connectivity index (χ0) is 22.8. The van der Waals surface area contributed by atoms with Gasteiger partial charge in [0.1, 0.15) is 6.10 Å². The van der Waals surface area contributed by atoms with Gasteiger partial charge < -0.3 is 14.5 Å². The number of aromatic nitrogens is 2. The fourth-order valence-corrected chi connectivity index (χ4v) is 5.17. The summed E-state index contributed by atoms with van der Waals surface area (Å²) < 4.78 is 5.52. The molecule has 1 aromatic carbocycles. The fraction of sp³-hybridized carbons (Fsp3) is 0.520. The number of H-pyrrole nitrogens is 1. The molecule has 3 heterocycles. The van der Waals surface area contributed by atoms with Crippen LogP contribution >= 0.6 is 0 Å². The Labute approximate surface area is 192 Å². The molecule has 0 spiro atoms. The molecule has 1 N–H and O–H groups in total. The predicted octanol–water partition coefficient (Wildman–Crippen LogP) is 1.70. The van der Waals surface area contributed by atoms with Crippen molar-refractivity contribution >= 4 is 11.8 Å². The number of nitrogens with one attached hydrogen (secondary N) is 1. The second-order valence-corrected chi connectivity index (χ2v) is 9.16. The number of piperazine rings is 1. The zero-order valence-electron chi connectivity index (χ0n) is 18.8. The van der Waals surface area contributed by atoms with E-state index in [1.165, 1.54) is 0 Å². The predicted molar refractivity (Wildman–Crippen MR) is 122 cm³/mol. The van der Waals surface area contributed by atoms with E-state index < -0.39 is 0 Å². The molecule has 174 valence electrons. The lowest BCUT2D eigenvalue weighted by molar-refractivity contribution is -0.142. The topological polar surface area (TPSA) is 95.6 Å². The number of rotatable bonds is 4. The molecule has 1 aromatic heterocycles. The van der Waals surface area contributed by atoms with E-state index in [-0.39, 0.29) is 23.5 Å². The number of hydrogen-bond acceptors (Lipinski definition) is 5. The maximum absolute atomic E-state index is 13.1. The van der Waals surface area contributed by atoms with Crippen molar-refractivity contribution in [3.8, 4) is 0 Å². The summed E-state index contributed by atoms with van der Waals surface area (Å²) in [7, 11) is 0. The number of hydrogen-bond donors (Lipinski definition) is 1. The van der Waals surface area contributed by atoms with Gasteiger partial charge in [-0.15, -0.1) is 0 Å². The summed E-state index contributed by atoms with van der Waals surface area (Å²) in [6, 6.07) is 7.66. The summed E-state index contributed by atoms with van der Waals surface area (Å²) in [6.45, 7) is 2.78. The second-order valence-electron chi connectivity index (χ2n) is 9.16. The molecule has 3 aliphatic rings. The molecule has 0 bridgehead atoms. The number of aromatic amines is 1. The van der Waals surface area contributed by atoms with E-state index in [2.05, 4.69) is 10.2 Å². The maximum Gasteiger partial charge on any atom is 0.267 e. The van der Waals surface area contributed by atoms with Crippen LogP contribution in [0.25, 0.3) is 0 Å². The lowest BCUT2D eigenvalue weighted by Crippen LogP contribution is -2.52. The average Bonchev–Trinajstić information content (AvgIpc) is 3.40. The highest BCUT2D eigenvalue weighted by Crippen LogP contribution is 2.23. The third-order valence-electron chi connectivity index (χ3n) is 7.01. The van der Waals surface area contributed by atoms with Crippen LogP contribution in [-0.4, -0.2) is 70.7 Å². The van der Waals surface area contributed by atoms with E-state index in [4.69, 9.17) is 4.74 Å². The Kier molecular flexibility index (Phi) is 6.26. The van der Waals surface area contributed by atoms with Gasteiger partial charge in [-0.05, 0) is 61.8 Å². The first-order valence-electron chi connectivity index (χ1n) is 12.0. The lowest BCUT2D eigenvalue weighted by atomic mass is 9.90. The molecule has 8 nitrogen and oxygen atoms in total. The Hall–Kier alpha value is -3.00. The monoisotopic (exact) mass is 450 g/mol. The highest BCUT2D eigenvalue weighted by Gasteiger charge is 2.31. The van der Waals surface area contributed by atoms with Crippen molar-refractivity contribution in [1.29, 1.82) is 0 Å². The van der Waals surface area contributed by atoms with Crippen LogP contribution in [0.4, 0.5) is 0 Å². The van der Waals surface area contributed by atoms with E-state index in [0.717, 1.165) is 60.9 Å². The Morgan fingerprint density at radius 1 is 1.03 bits per heavy atom. The summed E-state index contributed by atoms with van der Waals surface area (Å²) in [5.74, 6) is 0.0378. The Bertz CT molecular complexity index is 1100. The van der Waals surface area contributed by atoms with Crippen LogP contribution in [0, 0.1) is 0 Å². The number of carbonyl (C=O) groups excluding carboxylic acids is 2. The molecule has 1 atom stereocenters. The summed E-state index contributed by atoms with van der Waals surface area (Å²) in [4.78, 5) is 41.5. The molecule has 2 amide bonds. The molecule has 2 fully saturated rings. The summed E-state index contributed by atoms with van der Waals surface area (Å²) >= 11 is 0. The van der Waals surface area contributed by atoms with Crippen LogP contribution in [0.15, 0.2) is 29.1 Å². The summed E-state index contributed by atoms with van der Waals surface area (Å²) in [5, 5.41) is 6.98. The number of fused-ring (bicyclic) bond motifs is 1. The average molecular weight is 451 g/mol. The third-order valence-corrected chi connectivity index (χ3v) is 7.01. The van der Waals surface area contributed by atoms with Crippen molar-refractivity contribution in [2.75, 3.05) is 32.8 Å².